The van der Waals surface area contributed by atoms with E-state index >= 15 is 0 Å². The molecule has 3 aromatic rings. The van der Waals surface area contributed by atoms with Gasteiger partial charge in [0.2, 0.25) is 0 Å². The Balaban J connectivity index is 1.98. The Labute approximate surface area is 150 Å². The van der Waals surface area contributed by atoms with Gasteiger partial charge in [0.25, 0.3) is 0 Å². The summed E-state index contributed by atoms with van der Waals surface area (Å²) in [6, 6.07) is 19.7. The Hall–Kier alpha value is -1.94. The molecule has 3 heteroatoms. The van der Waals surface area contributed by atoms with E-state index in [1.54, 1.807) is 0 Å². The zero-order valence-electron chi connectivity index (χ0n) is 15.0. The van der Waals surface area contributed by atoms with Crippen molar-refractivity contribution in [3.63, 3.8) is 0 Å². The fourth-order valence-corrected chi connectivity index (χ4v) is 3.57. The second kappa shape index (κ2) is 8.95. The van der Waals surface area contributed by atoms with Gasteiger partial charge in [0, 0.05) is 6.54 Å². The molecular weight excluding hydrogens is 306 g/mol. The maximum atomic E-state index is 5.76. The van der Waals surface area contributed by atoms with Crippen molar-refractivity contribution in [1.29, 1.82) is 0 Å². The van der Waals surface area contributed by atoms with E-state index in [9.17, 15) is 0 Å². The summed E-state index contributed by atoms with van der Waals surface area (Å²) < 4.78 is 0. The summed E-state index contributed by atoms with van der Waals surface area (Å²) in [6.45, 7) is 4.59. The second-order valence-electron chi connectivity index (χ2n) is 6.71. The summed E-state index contributed by atoms with van der Waals surface area (Å²) in [5.41, 5.74) is 12.9. The molecule has 0 radical (unpaired) electrons. The molecule has 25 heavy (non-hydrogen) atoms. The molecule has 0 atom stereocenters. The average molecular weight is 335 g/mol. The van der Waals surface area contributed by atoms with E-state index in [1.807, 2.05) is 0 Å². The van der Waals surface area contributed by atoms with Crippen LogP contribution in [0.4, 0.5) is 0 Å². The average Bonchev–Trinajstić information content (AvgIpc) is 2.65. The highest BCUT2D eigenvalue weighted by molar-refractivity contribution is 6.02. The molecular formula is C22H29N3. The van der Waals surface area contributed by atoms with Crippen molar-refractivity contribution in [2.75, 3.05) is 26.2 Å². The first-order valence-corrected chi connectivity index (χ1v) is 9.35. The molecule has 0 amide bonds. The molecule has 0 heterocycles. The van der Waals surface area contributed by atoms with Crippen LogP contribution in [0.15, 0.2) is 54.6 Å². The van der Waals surface area contributed by atoms with Crippen LogP contribution in [0, 0.1) is 0 Å². The lowest BCUT2D eigenvalue weighted by molar-refractivity contribution is 0.260. The van der Waals surface area contributed by atoms with Crippen LogP contribution < -0.4 is 11.5 Å². The van der Waals surface area contributed by atoms with Gasteiger partial charge in [-0.05, 0) is 78.6 Å². The monoisotopic (exact) mass is 335 g/mol. The molecule has 0 saturated heterocycles. The third-order valence-electron chi connectivity index (χ3n) is 4.87. The molecule has 0 unspecified atom stereocenters. The van der Waals surface area contributed by atoms with E-state index in [0.717, 1.165) is 52.0 Å². The Morgan fingerprint density at radius 2 is 1.24 bits per heavy atom. The van der Waals surface area contributed by atoms with E-state index in [4.69, 9.17) is 11.5 Å². The largest absolute Gasteiger partial charge is 0.330 e. The summed E-state index contributed by atoms with van der Waals surface area (Å²) in [5.74, 6) is 0. The van der Waals surface area contributed by atoms with E-state index in [-0.39, 0.29) is 0 Å². The lowest BCUT2D eigenvalue weighted by atomic mass is 9.96. The van der Waals surface area contributed by atoms with Crippen LogP contribution >= 0.6 is 0 Å². The van der Waals surface area contributed by atoms with Crippen molar-refractivity contribution in [3.05, 3.63) is 60.2 Å². The lowest BCUT2D eigenvalue weighted by Gasteiger charge is -2.24. The van der Waals surface area contributed by atoms with E-state index in [2.05, 4.69) is 59.5 Å². The van der Waals surface area contributed by atoms with Gasteiger partial charge in [-0.1, -0.05) is 48.5 Å². The molecule has 0 saturated carbocycles. The molecule has 0 bridgehead atoms. The SMILES string of the molecule is NCCCCN(CCCN)Cc1c2ccccc2cc2ccccc12. The maximum Gasteiger partial charge on any atom is 0.0246 e. The molecule has 0 fully saturated rings. The topological polar surface area (TPSA) is 55.3 Å². The van der Waals surface area contributed by atoms with Crippen LogP contribution in [0.5, 0.6) is 0 Å². The minimum atomic E-state index is 0.740. The number of benzene rings is 3. The highest BCUT2D eigenvalue weighted by atomic mass is 15.1. The number of unbranched alkanes of at least 4 members (excludes halogenated alkanes) is 1. The van der Waals surface area contributed by atoms with Crippen LogP contribution in [0.1, 0.15) is 24.8 Å². The Morgan fingerprint density at radius 1 is 0.680 bits per heavy atom. The van der Waals surface area contributed by atoms with Crippen LogP contribution in [-0.4, -0.2) is 31.1 Å². The van der Waals surface area contributed by atoms with Gasteiger partial charge in [0.15, 0.2) is 0 Å². The van der Waals surface area contributed by atoms with E-state index in [0.29, 0.717) is 0 Å². The first-order valence-electron chi connectivity index (χ1n) is 9.35. The Morgan fingerprint density at radius 3 is 1.84 bits per heavy atom. The number of fused-ring (bicyclic) bond motifs is 2. The molecule has 3 nitrogen and oxygen atoms in total. The fraction of sp³-hybridized carbons (Fsp3) is 0.364. The molecule has 0 aliphatic heterocycles. The van der Waals surface area contributed by atoms with Gasteiger partial charge in [0.1, 0.15) is 0 Å². The molecule has 0 aromatic heterocycles. The molecule has 0 aliphatic rings. The zero-order chi connectivity index (χ0) is 17.5. The summed E-state index contributed by atoms with van der Waals surface area (Å²) in [7, 11) is 0. The molecule has 0 aliphatic carbocycles. The van der Waals surface area contributed by atoms with Gasteiger partial charge < -0.3 is 11.5 Å². The zero-order valence-corrected chi connectivity index (χ0v) is 15.0. The third-order valence-corrected chi connectivity index (χ3v) is 4.87. The maximum absolute atomic E-state index is 5.76. The minimum Gasteiger partial charge on any atom is -0.330 e. The van der Waals surface area contributed by atoms with Crippen LogP contribution in [-0.2, 0) is 6.54 Å². The molecule has 4 N–H and O–H groups in total. The quantitative estimate of drug-likeness (QED) is 0.461. The van der Waals surface area contributed by atoms with E-state index in [1.165, 1.54) is 27.1 Å². The summed E-state index contributed by atoms with van der Waals surface area (Å²) in [6.07, 6.45) is 3.25. The van der Waals surface area contributed by atoms with Gasteiger partial charge in [-0.2, -0.15) is 0 Å². The molecule has 3 rings (SSSR count). The number of hydrogen-bond donors (Lipinski definition) is 2. The normalized spacial score (nSPS) is 11.6. The molecule has 132 valence electrons. The van der Waals surface area contributed by atoms with Crippen LogP contribution in [0.3, 0.4) is 0 Å². The van der Waals surface area contributed by atoms with Crippen molar-refractivity contribution in [3.8, 4) is 0 Å². The van der Waals surface area contributed by atoms with Crippen molar-refractivity contribution in [2.24, 2.45) is 11.5 Å². The van der Waals surface area contributed by atoms with Gasteiger partial charge in [-0.25, -0.2) is 0 Å². The van der Waals surface area contributed by atoms with Gasteiger partial charge in [-0.15, -0.1) is 0 Å². The van der Waals surface area contributed by atoms with Crippen LogP contribution in [0.25, 0.3) is 21.5 Å². The number of rotatable bonds is 9. The standard InChI is InChI=1S/C22H29N3/c23-12-5-6-14-25(15-7-13-24)17-22-20-10-3-1-8-18(20)16-19-9-2-4-11-21(19)22/h1-4,8-11,16H,5-7,12-15,17,23-24H2. The predicted molar refractivity (Wildman–Crippen MR) is 109 cm³/mol. The van der Waals surface area contributed by atoms with Crippen molar-refractivity contribution < 1.29 is 0 Å². The number of nitrogens with two attached hydrogens (primary N) is 2. The summed E-state index contributed by atoms with van der Waals surface area (Å²) in [4.78, 5) is 2.54. The molecule has 3 aromatic carbocycles. The fourth-order valence-electron chi connectivity index (χ4n) is 3.57. The number of nitrogens with zero attached hydrogens (tertiary/aromatic N) is 1. The van der Waals surface area contributed by atoms with Crippen LogP contribution in [0.2, 0.25) is 0 Å². The summed E-state index contributed by atoms with van der Waals surface area (Å²) in [5, 5.41) is 5.35. The third kappa shape index (κ3) is 4.37. The number of hydrogen-bond acceptors (Lipinski definition) is 3. The first-order chi connectivity index (χ1) is 12.3. The van der Waals surface area contributed by atoms with Crippen molar-refractivity contribution in [2.45, 2.75) is 25.8 Å². The highest BCUT2D eigenvalue weighted by Gasteiger charge is 2.12. The Kier molecular flexibility index (Phi) is 6.40. The van der Waals surface area contributed by atoms with Gasteiger partial charge >= 0.3 is 0 Å². The Bertz CT molecular complexity index is 759. The van der Waals surface area contributed by atoms with E-state index < -0.39 is 0 Å². The van der Waals surface area contributed by atoms with Gasteiger partial charge in [-0.3, -0.25) is 4.90 Å². The lowest BCUT2D eigenvalue weighted by Crippen LogP contribution is -2.27. The predicted octanol–water partition coefficient (Wildman–Crippen LogP) is 3.88. The summed E-state index contributed by atoms with van der Waals surface area (Å²) >= 11 is 0. The smallest absolute Gasteiger partial charge is 0.0246 e. The van der Waals surface area contributed by atoms with Crippen molar-refractivity contribution >= 4 is 21.5 Å². The van der Waals surface area contributed by atoms with Crippen molar-refractivity contribution in [1.82, 2.24) is 4.90 Å². The minimum absolute atomic E-state index is 0.740. The van der Waals surface area contributed by atoms with Gasteiger partial charge in [0.05, 0.1) is 0 Å². The molecule has 0 spiro atoms. The second-order valence-corrected chi connectivity index (χ2v) is 6.71. The highest BCUT2D eigenvalue weighted by Crippen LogP contribution is 2.29. The first kappa shape index (κ1) is 17.9.